The molecule has 2 N–H and O–H groups in total. The summed E-state index contributed by atoms with van der Waals surface area (Å²) in [5.41, 5.74) is 2.46. The van der Waals surface area contributed by atoms with Crippen molar-refractivity contribution in [2.24, 2.45) is 0 Å². The Morgan fingerprint density at radius 3 is 2.46 bits per heavy atom. The largest absolute Gasteiger partial charge is 0.369 e. The number of rotatable bonds is 6. The zero-order valence-electron chi connectivity index (χ0n) is 16.3. The summed E-state index contributed by atoms with van der Waals surface area (Å²) in [6, 6.07) is 11.7. The van der Waals surface area contributed by atoms with Crippen LogP contribution in [-0.4, -0.2) is 56.5 Å². The maximum absolute atomic E-state index is 12.1. The number of anilines is 2. The minimum absolute atomic E-state index is 0.0608. The zero-order valence-corrected chi connectivity index (χ0v) is 17.1. The topological polar surface area (TPSA) is 64.7 Å². The molecule has 0 atom stereocenters. The van der Waals surface area contributed by atoms with Crippen molar-refractivity contribution in [3.63, 3.8) is 0 Å². The first-order valence-electron chi connectivity index (χ1n) is 9.34. The van der Waals surface area contributed by atoms with E-state index in [0.29, 0.717) is 5.57 Å². The second-order valence-electron chi connectivity index (χ2n) is 6.91. The van der Waals surface area contributed by atoms with Crippen molar-refractivity contribution in [3.8, 4) is 0 Å². The van der Waals surface area contributed by atoms with E-state index in [1.54, 1.807) is 18.3 Å². The quantitative estimate of drug-likeness (QED) is 0.735. The lowest BCUT2D eigenvalue weighted by Crippen LogP contribution is -2.44. The number of piperazine rings is 1. The van der Waals surface area contributed by atoms with Crippen LogP contribution in [0.5, 0.6) is 0 Å². The molecule has 0 radical (unpaired) electrons. The van der Waals surface area contributed by atoms with Gasteiger partial charge in [0.2, 0.25) is 11.8 Å². The number of nitrogens with one attached hydrogen (secondary N) is 2. The maximum atomic E-state index is 12.1. The molecule has 28 heavy (non-hydrogen) atoms. The Bertz CT molecular complexity index is 823. The van der Waals surface area contributed by atoms with Crippen LogP contribution in [0.15, 0.2) is 47.4 Å². The Hall–Kier alpha value is -2.64. The fourth-order valence-corrected chi connectivity index (χ4v) is 3.69. The smallest absolute Gasteiger partial charge is 0.247 e. The highest BCUT2D eigenvalue weighted by Crippen LogP contribution is 2.19. The van der Waals surface area contributed by atoms with Gasteiger partial charge in [-0.15, -0.1) is 11.3 Å². The SMILES string of the molecule is C/C(=C\c1cccs1)C(=O)NCC(=O)Nc1ccc(N2CCN(C)CC2)cc1. The van der Waals surface area contributed by atoms with Crippen LogP contribution in [0.2, 0.25) is 0 Å². The molecule has 1 aromatic heterocycles. The number of carbonyl (C=O) groups excluding carboxylic acids is 2. The maximum Gasteiger partial charge on any atom is 0.247 e. The Morgan fingerprint density at radius 1 is 1.11 bits per heavy atom. The number of carbonyl (C=O) groups is 2. The summed E-state index contributed by atoms with van der Waals surface area (Å²) in [7, 11) is 2.13. The minimum atomic E-state index is -0.246. The molecule has 2 aromatic rings. The zero-order chi connectivity index (χ0) is 19.9. The van der Waals surface area contributed by atoms with Crippen molar-refractivity contribution in [2.45, 2.75) is 6.92 Å². The molecule has 0 bridgehead atoms. The van der Waals surface area contributed by atoms with Crippen molar-refractivity contribution in [2.75, 3.05) is 50.0 Å². The van der Waals surface area contributed by atoms with Crippen LogP contribution in [0.4, 0.5) is 11.4 Å². The van der Waals surface area contributed by atoms with E-state index in [0.717, 1.165) is 42.4 Å². The molecule has 0 spiro atoms. The van der Waals surface area contributed by atoms with Gasteiger partial charge in [0.25, 0.3) is 0 Å². The van der Waals surface area contributed by atoms with Gasteiger partial charge in [-0.1, -0.05) is 6.07 Å². The molecular formula is C21H26N4O2S. The molecule has 6 nitrogen and oxygen atoms in total. The lowest BCUT2D eigenvalue weighted by molar-refractivity contribution is -0.121. The molecule has 1 fully saturated rings. The summed E-state index contributed by atoms with van der Waals surface area (Å²) in [6.07, 6.45) is 1.81. The van der Waals surface area contributed by atoms with Gasteiger partial charge >= 0.3 is 0 Å². The molecule has 2 amide bonds. The summed E-state index contributed by atoms with van der Waals surface area (Å²) in [5.74, 6) is -0.487. The van der Waals surface area contributed by atoms with E-state index in [1.165, 1.54) is 0 Å². The fraction of sp³-hybridized carbons (Fsp3) is 0.333. The Morgan fingerprint density at radius 2 is 1.82 bits per heavy atom. The van der Waals surface area contributed by atoms with Gasteiger partial charge in [0.15, 0.2) is 0 Å². The van der Waals surface area contributed by atoms with Crippen molar-refractivity contribution in [1.82, 2.24) is 10.2 Å². The molecule has 0 saturated carbocycles. The average Bonchev–Trinajstić information content (AvgIpc) is 3.20. The van der Waals surface area contributed by atoms with Crippen LogP contribution in [0.3, 0.4) is 0 Å². The predicted molar refractivity (Wildman–Crippen MR) is 116 cm³/mol. The van der Waals surface area contributed by atoms with Crippen molar-refractivity contribution >= 4 is 40.6 Å². The summed E-state index contributed by atoms with van der Waals surface area (Å²) in [6.45, 7) is 5.80. The van der Waals surface area contributed by atoms with Crippen LogP contribution < -0.4 is 15.5 Å². The number of likely N-dealkylation sites (N-methyl/N-ethyl adjacent to an activating group) is 1. The van der Waals surface area contributed by atoms with Gasteiger partial charge in [0.1, 0.15) is 0 Å². The fourth-order valence-electron chi connectivity index (χ4n) is 2.98. The molecule has 1 aliphatic heterocycles. The number of benzene rings is 1. The molecule has 3 rings (SSSR count). The Balaban J connectivity index is 1.46. The third-order valence-electron chi connectivity index (χ3n) is 4.69. The van der Waals surface area contributed by atoms with Gasteiger partial charge in [-0.2, -0.15) is 0 Å². The highest BCUT2D eigenvalue weighted by molar-refractivity contribution is 7.10. The normalized spacial score (nSPS) is 15.4. The van der Waals surface area contributed by atoms with Crippen LogP contribution in [0.1, 0.15) is 11.8 Å². The molecule has 1 saturated heterocycles. The van der Waals surface area contributed by atoms with Crippen LogP contribution >= 0.6 is 11.3 Å². The van der Waals surface area contributed by atoms with Crippen molar-refractivity contribution in [1.29, 1.82) is 0 Å². The molecule has 0 unspecified atom stereocenters. The molecule has 2 heterocycles. The average molecular weight is 399 g/mol. The second kappa shape index (κ2) is 9.52. The molecular weight excluding hydrogens is 372 g/mol. The van der Waals surface area contributed by atoms with E-state index in [-0.39, 0.29) is 18.4 Å². The second-order valence-corrected chi connectivity index (χ2v) is 7.89. The number of hydrogen-bond acceptors (Lipinski definition) is 5. The predicted octanol–water partition coefficient (Wildman–Crippen LogP) is 2.66. The van der Waals surface area contributed by atoms with Gasteiger partial charge in [-0.3, -0.25) is 9.59 Å². The van der Waals surface area contributed by atoms with E-state index < -0.39 is 0 Å². The van der Waals surface area contributed by atoms with E-state index in [2.05, 4.69) is 27.5 Å². The molecule has 1 aliphatic rings. The summed E-state index contributed by atoms with van der Waals surface area (Å²) >= 11 is 1.56. The summed E-state index contributed by atoms with van der Waals surface area (Å²) < 4.78 is 0. The first kappa shape index (κ1) is 20.1. The first-order valence-corrected chi connectivity index (χ1v) is 10.2. The number of thiophene rings is 1. The lowest BCUT2D eigenvalue weighted by atomic mass is 10.2. The number of nitrogens with zero attached hydrogens (tertiary/aromatic N) is 2. The van der Waals surface area contributed by atoms with E-state index in [1.807, 2.05) is 47.9 Å². The standard InChI is InChI=1S/C21H26N4O2S/c1-16(14-19-4-3-13-28-19)21(27)22-15-20(26)23-17-5-7-18(8-6-17)25-11-9-24(2)10-12-25/h3-8,13-14H,9-12,15H2,1-2H3,(H,22,27)(H,23,26)/b16-14+. The summed E-state index contributed by atoms with van der Waals surface area (Å²) in [4.78, 5) is 29.9. The highest BCUT2D eigenvalue weighted by atomic mass is 32.1. The van der Waals surface area contributed by atoms with E-state index in [4.69, 9.17) is 0 Å². The van der Waals surface area contributed by atoms with Gasteiger partial charge < -0.3 is 20.4 Å². The van der Waals surface area contributed by atoms with Gasteiger partial charge in [0, 0.05) is 48.0 Å². The summed E-state index contributed by atoms with van der Waals surface area (Å²) in [5, 5.41) is 7.43. The van der Waals surface area contributed by atoms with Gasteiger partial charge in [-0.25, -0.2) is 0 Å². The highest BCUT2D eigenvalue weighted by Gasteiger charge is 2.14. The van der Waals surface area contributed by atoms with Crippen molar-refractivity contribution < 1.29 is 9.59 Å². The van der Waals surface area contributed by atoms with Crippen LogP contribution in [-0.2, 0) is 9.59 Å². The van der Waals surface area contributed by atoms with E-state index >= 15 is 0 Å². The number of amides is 2. The molecule has 7 heteroatoms. The van der Waals surface area contributed by atoms with Crippen LogP contribution in [0, 0.1) is 0 Å². The van der Waals surface area contributed by atoms with Gasteiger partial charge in [0.05, 0.1) is 6.54 Å². The Kier molecular flexibility index (Phi) is 6.84. The third-order valence-corrected chi connectivity index (χ3v) is 5.51. The molecule has 148 valence electrons. The van der Waals surface area contributed by atoms with Crippen molar-refractivity contribution in [3.05, 3.63) is 52.2 Å². The lowest BCUT2D eigenvalue weighted by Gasteiger charge is -2.34. The van der Waals surface area contributed by atoms with Crippen LogP contribution in [0.25, 0.3) is 6.08 Å². The van der Waals surface area contributed by atoms with E-state index in [9.17, 15) is 9.59 Å². The minimum Gasteiger partial charge on any atom is -0.369 e. The third kappa shape index (κ3) is 5.68. The Labute approximate surface area is 169 Å². The van der Waals surface area contributed by atoms with Gasteiger partial charge in [-0.05, 0) is 55.8 Å². The monoisotopic (exact) mass is 398 g/mol. The molecule has 1 aromatic carbocycles. The molecule has 0 aliphatic carbocycles. The number of hydrogen-bond donors (Lipinski definition) is 2. The first-order chi connectivity index (χ1) is 13.5.